The van der Waals surface area contributed by atoms with E-state index >= 15 is 0 Å². The molecule has 0 aliphatic carbocycles. The summed E-state index contributed by atoms with van der Waals surface area (Å²) in [4.78, 5) is 37.7. The zero-order valence-electron chi connectivity index (χ0n) is 19.7. The Morgan fingerprint density at radius 2 is 1.91 bits per heavy atom. The van der Waals surface area contributed by atoms with Crippen molar-refractivity contribution in [1.82, 2.24) is 15.1 Å². The Kier molecular flexibility index (Phi) is 7.75. The van der Waals surface area contributed by atoms with Crippen LogP contribution in [-0.2, 0) is 24.2 Å². The predicted molar refractivity (Wildman–Crippen MR) is 126 cm³/mol. The molecule has 11 heteroatoms. The fourth-order valence-electron chi connectivity index (χ4n) is 3.81. The summed E-state index contributed by atoms with van der Waals surface area (Å²) in [7, 11) is -3.13. The van der Waals surface area contributed by atoms with Gasteiger partial charge in [-0.2, -0.15) is 5.10 Å². The summed E-state index contributed by atoms with van der Waals surface area (Å²) >= 11 is 0. The Labute approximate surface area is 199 Å². The van der Waals surface area contributed by atoms with Gasteiger partial charge in [-0.1, -0.05) is 32.0 Å². The largest absolute Gasteiger partial charge is 0.454 e. The number of sulfone groups is 1. The zero-order chi connectivity index (χ0) is 25.0. The molecule has 0 spiro atoms. The molecule has 2 heterocycles. The van der Waals surface area contributed by atoms with Crippen molar-refractivity contribution >= 4 is 33.4 Å². The lowest BCUT2D eigenvalue weighted by Gasteiger charge is -2.21. The lowest BCUT2D eigenvalue weighted by molar-refractivity contribution is -0.150. The quantitative estimate of drug-likeness (QED) is 0.538. The number of rotatable bonds is 8. The number of nitrogens with zero attached hydrogens (tertiary/aromatic N) is 2. The van der Waals surface area contributed by atoms with E-state index in [2.05, 4.69) is 15.7 Å². The number of anilines is 1. The van der Waals surface area contributed by atoms with E-state index in [0.717, 1.165) is 5.56 Å². The van der Waals surface area contributed by atoms with E-state index in [9.17, 15) is 22.8 Å². The fraction of sp³-hybridized carbons (Fsp3) is 0.478. The molecule has 1 saturated heterocycles. The average molecular weight is 491 g/mol. The molecule has 1 unspecified atom stereocenters. The van der Waals surface area contributed by atoms with Gasteiger partial charge in [-0.25, -0.2) is 17.9 Å². The number of nitrogens with one attached hydrogen (secondary N) is 2. The third kappa shape index (κ3) is 6.22. The molecule has 3 rings (SSSR count). The summed E-state index contributed by atoms with van der Waals surface area (Å²) in [5.41, 5.74) is 1.85. The van der Waals surface area contributed by atoms with E-state index in [0.29, 0.717) is 23.5 Å². The summed E-state index contributed by atoms with van der Waals surface area (Å²) in [6.07, 6.45) is 0.415. The van der Waals surface area contributed by atoms with Gasteiger partial charge < -0.3 is 15.4 Å². The minimum atomic E-state index is -3.13. The molecule has 34 heavy (non-hydrogen) atoms. The summed E-state index contributed by atoms with van der Waals surface area (Å²) in [6, 6.07) is 7.36. The maximum Gasteiger partial charge on any atom is 0.329 e. The molecule has 184 valence electrons. The number of hydrogen-bond donors (Lipinski definition) is 2. The minimum absolute atomic E-state index is 0.0391. The molecule has 1 aromatic heterocycles. The number of carbonyl (C=O) groups is 3. The predicted octanol–water partition coefficient (Wildman–Crippen LogP) is 1.80. The molecule has 2 N–H and O–H groups in total. The summed E-state index contributed by atoms with van der Waals surface area (Å²) in [6.45, 7) is 6.51. The average Bonchev–Trinajstić information content (AvgIpc) is 3.31. The van der Waals surface area contributed by atoms with Crippen molar-refractivity contribution < 1.29 is 27.5 Å². The van der Waals surface area contributed by atoms with Gasteiger partial charge in [0.05, 0.1) is 23.2 Å². The Morgan fingerprint density at radius 3 is 2.53 bits per heavy atom. The van der Waals surface area contributed by atoms with Crippen molar-refractivity contribution in [3.05, 3.63) is 47.2 Å². The Morgan fingerprint density at radius 1 is 1.21 bits per heavy atom. The lowest BCUT2D eigenvalue weighted by Crippen LogP contribution is -2.46. The second-order valence-electron chi connectivity index (χ2n) is 8.84. The number of carbonyl (C=O) groups excluding carboxylic acids is 3. The first-order valence-corrected chi connectivity index (χ1v) is 12.9. The fourth-order valence-corrected chi connectivity index (χ4v) is 5.50. The highest BCUT2D eigenvalue weighted by molar-refractivity contribution is 7.91. The highest BCUT2D eigenvalue weighted by Crippen LogP contribution is 2.27. The van der Waals surface area contributed by atoms with Gasteiger partial charge >= 0.3 is 5.97 Å². The molecule has 1 fully saturated rings. The van der Waals surface area contributed by atoms with Crippen LogP contribution in [0.4, 0.5) is 5.82 Å². The number of esters is 1. The number of ether oxygens (including phenoxy) is 1. The summed E-state index contributed by atoms with van der Waals surface area (Å²) in [5, 5.41) is 9.63. The van der Waals surface area contributed by atoms with E-state index in [1.54, 1.807) is 52.0 Å². The van der Waals surface area contributed by atoms with Crippen LogP contribution >= 0.6 is 0 Å². The highest BCUT2D eigenvalue weighted by Gasteiger charge is 2.32. The second-order valence-corrected chi connectivity index (χ2v) is 11.1. The van der Waals surface area contributed by atoms with Gasteiger partial charge in [0.1, 0.15) is 11.9 Å². The number of aromatic nitrogens is 2. The summed E-state index contributed by atoms with van der Waals surface area (Å²) < 4.78 is 30.3. The van der Waals surface area contributed by atoms with E-state index in [-0.39, 0.29) is 23.5 Å². The second kappa shape index (κ2) is 10.4. The van der Waals surface area contributed by atoms with Crippen LogP contribution in [0.25, 0.3) is 0 Å². The van der Waals surface area contributed by atoms with E-state index in [1.807, 2.05) is 6.07 Å². The number of aryl methyl sites for hydroxylation is 2. The molecule has 1 aliphatic rings. The highest BCUT2D eigenvalue weighted by atomic mass is 32.2. The van der Waals surface area contributed by atoms with Crippen molar-refractivity contribution in [1.29, 1.82) is 0 Å². The SMILES string of the molecule is Cc1cc(NC(=O)COC(=O)[C@@H](NC(=O)c2ccccc2C)C(C)C)n(C2CCS(=O)(=O)C2)n1. The van der Waals surface area contributed by atoms with Crippen molar-refractivity contribution in [2.45, 2.75) is 46.2 Å². The van der Waals surface area contributed by atoms with Gasteiger partial charge in [0, 0.05) is 11.6 Å². The van der Waals surface area contributed by atoms with Crippen LogP contribution in [0.3, 0.4) is 0 Å². The molecule has 2 amide bonds. The third-order valence-electron chi connectivity index (χ3n) is 5.62. The topological polar surface area (TPSA) is 136 Å². The molecular weight excluding hydrogens is 460 g/mol. The van der Waals surface area contributed by atoms with E-state index in [4.69, 9.17) is 4.74 Å². The number of hydrogen-bond acceptors (Lipinski definition) is 7. The van der Waals surface area contributed by atoms with Crippen LogP contribution in [0.2, 0.25) is 0 Å². The third-order valence-corrected chi connectivity index (χ3v) is 7.37. The maximum absolute atomic E-state index is 12.6. The molecule has 0 radical (unpaired) electrons. The van der Waals surface area contributed by atoms with Gasteiger partial charge in [0.2, 0.25) is 0 Å². The van der Waals surface area contributed by atoms with Gasteiger partial charge in [0.25, 0.3) is 11.8 Å². The van der Waals surface area contributed by atoms with Crippen molar-refractivity contribution in [2.24, 2.45) is 5.92 Å². The minimum Gasteiger partial charge on any atom is -0.454 e. The first-order chi connectivity index (χ1) is 16.0. The normalized spacial score (nSPS) is 17.9. The van der Waals surface area contributed by atoms with E-state index in [1.165, 1.54) is 4.68 Å². The van der Waals surface area contributed by atoms with Crippen molar-refractivity contribution in [2.75, 3.05) is 23.4 Å². The van der Waals surface area contributed by atoms with Crippen LogP contribution in [0.5, 0.6) is 0 Å². The molecule has 1 aliphatic heterocycles. The van der Waals surface area contributed by atoms with Crippen LogP contribution in [0, 0.1) is 19.8 Å². The number of benzene rings is 1. The molecular formula is C23H30N4O6S. The smallest absolute Gasteiger partial charge is 0.329 e. The van der Waals surface area contributed by atoms with Crippen LogP contribution in [-0.4, -0.2) is 60.1 Å². The molecule has 2 atom stereocenters. The monoisotopic (exact) mass is 490 g/mol. The molecule has 1 aromatic carbocycles. The molecule has 2 aromatic rings. The maximum atomic E-state index is 12.6. The molecule has 0 saturated carbocycles. The Hall–Kier alpha value is -3.21. The van der Waals surface area contributed by atoms with E-state index < -0.39 is 40.3 Å². The van der Waals surface area contributed by atoms with Crippen LogP contribution in [0.1, 0.15) is 47.9 Å². The number of amides is 2. The zero-order valence-corrected chi connectivity index (χ0v) is 20.5. The van der Waals surface area contributed by atoms with Gasteiger partial charge in [-0.3, -0.25) is 9.59 Å². The molecule has 10 nitrogen and oxygen atoms in total. The first kappa shape index (κ1) is 25.4. The first-order valence-electron chi connectivity index (χ1n) is 11.1. The van der Waals surface area contributed by atoms with Crippen LogP contribution < -0.4 is 10.6 Å². The molecule has 0 bridgehead atoms. The van der Waals surface area contributed by atoms with Gasteiger partial charge in [0.15, 0.2) is 16.4 Å². The Bertz CT molecular complexity index is 1190. The van der Waals surface area contributed by atoms with Gasteiger partial charge in [-0.05, 0) is 37.8 Å². The van der Waals surface area contributed by atoms with Gasteiger partial charge in [-0.15, -0.1) is 0 Å². The van der Waals surface area contributed by atoms with Crippen LogP contribution in [0.15, 0.2) is 30.3 Å². The standard InChI is InChI=1S/C23H30N4O6S/c1-14(2)21(25-22(29)18-8-6-5-7-15(18)3)23(30)33-12-20(28)24-19-11-16(4)26-27(19)17-9-10-34(31,32)13-17/h5-8,11,14,17,21H,9-10,12-13H2,1-4H3,(H,24,28)(H,25,29)/t17?,21-/m0/s1. The lowest BCUT2D eigenvalue weighted by atomic mass is 10.0. The summed E-state index contributed by atoms with van der Waals surface area (Å²) in [5.74, 6) is -1.61. The van der Waals surface area contributed by atoms with Crippen molar-refractivity contribution in [3.8, 4) is 0 Å². The van der Waals surface area contributed by atoms with Crippen molar-refractivity contribution in [3.63, 3.8) is 0 Å². The Balaban J connectivity index is 1.60.